The highest BCUT2D eigenvalue weighted by Crippen LogP contribution is 2.11. The minimum absolute atomic E-state index is 0.159. The number of hydrogen-bond acceptors (Lipinski definition) is 1. The molecule has 0 spiro atoms. The third kappa shape index (κ3) is 13.4. The third-order valence-corrected chi connectivity index (χ3v) is 3.06. The lowest BCUT2D eigenvalue weighted by molar-refractivity contribution is -0.120. The van der Waals surface area contributed by atoms with Gasteiger partial charge in [0.2, 0.25) is 5.91 Å². The van der Waals surface area contributed by atoms with Crippen molar-refractivity contribution in [1.29, 1.82) is 0 Å². The second kappa shape index (κ2) is 13.5. The maximum Gasteiger partial charge on any atom is 0.220 e. The minimum atomic E-state index is 0.159. The zero-order chi connectivity index (χ0) is 12.8. The molecule has 0 aromatic carbocycles. The van der Waals surface area contributed by atoms with Crippen molar-refractivity contribution >= 4 is 5.91 Å². The van der Waals surface area contributed by atoms with Crippen molar-refractivity contribution in [2.24, 2.45) is 0 Å². The van der Waals surface area contributed by atoms with Crippen LogP contribution in [0, 0.1) is 6.54 Å². The van der Waals surface area contributed by atoms with Crippen molar-refractivity contribution in [1.82, 2.24) is 5.32 Å². The summed E-state index contributed by atoms with van der Waals surface area (Å²) in [5.41, 5.74) is 0. The van der Waals surface area contributed by atoms with Crippen LogP contribution < -0.4 is 5.32 Å². The minimum Gasteiger partial charge on any atom is -0.352 e. The molecule has 0 bridgehead atoms. The van der Waals surface area contributed by atoms with Gasteiger partial charge in [0, 0.05) is 13.0 Å². The Morgan fingerprint density at radius 3 is 1.82 bits per heavy atom. The zero-order valence-electron chi connectivity index (χ0n) is 11.8. The highest BCUT2D eigenvalue weighted by Gasteiger charge is 1.98. The van der Waals surface area contributed by atoms with Gasteiger partial charge in [0.05, 0.1) is 0 Å². The molecule has 0 saturated carbocycles. The van der Waals surface area contributed by atoms with E-state index in [-0.39, 0.29) is 5.91 Å². The van der Waals surface area contributed by atoms with Crippen molar-refractivity contribution in [3.63, 3.8) is 0 Å². The molecule has 0 aliphatic rings. The average molecular weight is 240 g/mol. The number of carbonyl (C=O) groups is 1. The first kappa shape index (κ1) is 16.5. The molecule has 0 unspecified atom stereocenters. The van der Waals surface area contributed by atoms with Gasteiger partial charge in [-0.15, -0.1) is 0 Å². The Hall–Kier alpha value is -0.530. The summed E-state index contributed by atoms with van der Waals surface area (Å²) in [4.78, 5) is 11.1. The molecule has 0 aliphatic carbocycles. The molecule has 101 valence electrons. The first-order valence-electron chi connectivity index (χ1n) is 7.38. The summed E-state index contributed by atoms with van der Waals surface area (Å²) in [5, 5.41) is 2.71. The van der Waals surface area contributed by atoms with E-state index in [1.807, 2.05) is 6.92 Å². The Labute approximate surface area is 108 Å². The van der Waals surface area contributed by atoms with E-state index in [0.29, 0.717) is 6.42 Å². The van der Waals surface area contributed by atoms with Gasteiger partial charge in [0.15, 0.2) is 0 Å². The molecule has 0 rings (SSSR count). The van der Waals surface area contributed by atoms with E-state index in [0.717, 1.165) is 6.42 Å². The van der Waals surface area contributed by atoms with Crippen LogP contribution in [-0.2, 0) is 4.79 Å². The average Bonchev–Trinajstić information content (AvgIpc) is 2.32. The second-order valence-electron chi connectivity index (χ2n) is 4.79. The standard InChI is InChI=1S/C15H30NO/c1-3-5-6-7-8-9-10-11-12-13-14-15(17)16-4-2/h4H,3,5-14H2,1-2H3,(H,16,17). The van der Waals surface area contributed by atoms with Crippen LogP contribution in [0.25, 0.3) is 0 Å². The predicted octanol–water partition coefficient (Wildman–Crippen LogP) is 4.60. The fourth-order valence-corrected chi connectivity index (χ4v) is 2.01. The quantitative estimate of drug-likeness (QED) is 0.496. The lowest BCUT2D eigenvalue weighted by Gasteiger charge is -2.03. The molecule has 1 amide bonds. The van der Waals surface area contributed by atoms with Crippen molar-refractivity contribution in [3.8, 4) is 0 Å². The highest BCUT2D eigenvalue weighted by molar-refractivity contribution is 5.76. The predicted molar refractivity (Wildman–Crippen MR) is 74.6 cm³/mol. The Bertz CT molecular complexity index is 168. The maximum absolute atomic E-state index is 11.1. The van der Waals surface area contributed by atoms with E-state index in [4.69, 9.17) is 0 Å². The first-order chi connectivity index (χ1) is 8.31. The van der Waals surface area contributed by atoms with E-state index < -0.39 is 0 Å². The Kier molecular flexibility index (Phi) is 13.1. The first-order valence-corrected chi connectivity index (χ1v) is 7.38. The van der Waals surface area contributed by atoms with Gasteiger partial charge in [-0.25, -0.2) is 0 Å². The van der Waals surface area contributed by atoms with Gasteiger partial charge in [-0.1, -0.05) is 64.7 Å². The molecule has 1 radical (unpaired) electrons. The summed E-state index contributed by atoms with van der Waals surface area (Å²) in [7, 11) is 0. The second-order valence-corrected chi connectivity index (χ2v) is 4.79. The molecule has 0 fully saturated rings. The molecule has 2 nitrogen and oxygen atoms in total. The number of hydrogen-bond donors (Lipinski definition) is 1. The van der Waals surface area contributed by atoms with Gasteiger partial charge in [0.1, 0.15) is 0 Å². The van der Waals surface area contributed by atoms with Crippen LogP contribution in [-0.4, -0.2) is 5.91 Å². The number of rotatable bonds is 12. The number of nitrogens with one attached hydrogen (secondary N) is 1. The topological polar surface area (TPSA) is 29.1 Å². The third-order valence-electron chi connectivity index (χ3n) is 3.06. The van der Waals surface area contributed by atoms with E-state index in [9.17, 15) is 4.79 Å². The molecule has 2 heteroatoms. The number of carbonyl (C=O) groups excluding carboxylic acids is 1. The van der Waals surface area contributed by atoms with Crippen molar-refractivity contribution in [3.05, 3.63) is 6.54 Å². The van der Waals surface area contributed by atoms with E-state index >= 15 is 0 Å². The van der Waals surface area contributed by atoms with Gasteiger partial charge < -0.3 is 5.32 Å². The fourth-order valence-electron chi connectivity index (χ4n) is 2.01. The van der Waals surface area contributed by atoms with Gasteiger partial charge in [-0.2, -0.15) is 0 Å². The van der Waals surface area contributed by atoms with E-state index in [1.54, 1.807) is 6.54 Å². The number of amides is 1. The van der Waals surface area contributed by atoms with Gasteiger partial charge in [-0.05, 0) is 13.3 Å². The van der Waals surface area contributed by atoms with Crippen LogP contribution in [0.3, 0.4) is 0 Å². The molecule has 17 heavy (non-hydrogen) atoms. The lowest BCUT2D eigenvalue weighted by atomic mass is 10.1. The Morgan fingerprint density at radius 2 is 1.35 bits per heavy atom. The van der Waals surface area contributed by atoms with Gasteiger partial charge >= 0.3 is 0 Å². The molecule has 1 N–H and O–H groups in total. The molecule has 0 aromatic rings. The normalized spacial score (nSPS) is 10.5. The lowest BCUT2D eigenvalue weighted by Crippen LogP contribution is -2.18. The SMILES string of the molecule is C[CH]NC(=O)CCCCCCCCCCCC. The summed E-state index contributed by atoms with van der Waals surface area (Å²) < 4.78 is 0. The molecule has 0 atom stereocenters. The van der Waals surface area contributed by atoms with Crippen LogP contribution in [0.15, 0.2) is 0 Å². The van der Waals surface area contributed by atoms with Crippen molar-refractivity contribution in [2.75, 3.05) is 0 Å². The Morgan fingerprint density at radius 1 is 0.882 bits per heavy atom. The van der Waals surface area contributed by atoms with Crippen LogP contribution >= 0.6 is 0 Å². The summed E-state index contributed by atoms with van der Waals surface area (Å²) in [6, 6.07) is 0. The molecular formula is C15H30NO. The van der Waals surface area contributed by atoms with Crippen LogP contribution in [0.5, 0.6) is 0 Å². The monoisotopic (exact) mass is 240 g/mol. The molecule has 0 saturated heterocycles. The zero-order valence-corrected chi connectivity index (χ0v) is 11.8. The van der Waals surface area contributed by atoms with Crippen LogP contribution in [0.1, 0.15) is 84.5 Å². The summed E-state index contributed by atoms with van der Waals surface area (Å²) in [6.07, 6.45) is 13.9. The van der Waals surface area contributed by atoms with E-state index in [2.05, 4.69) is 12.2 Å². The van der Waals surface area contributed by atoms with E-state index in [1.165, 1.54) is 57.8 Å². The molecular weight excluding hydrogens is 210 g/mol. The van der Waals surface area contributed by atoms with Crippen molar-refractivity contribution < 1.29 is 4.79 Å². The highest BCUT2D eigenvalue weighted by atomic mass is 16.1. The number of unbranched alkanes of at least 4 members (excludes halogenated alkanes) is 9. The summed E-state index contributed by atoms with van der Waals surface area (Å²) in [6.45, 7) is 5.81. The van der Waals surface area contributed by atoms with Crippen molar-refractivity contribution in [2.45, 2.75) is 84.5 Å². The fraction of sp³-hybridized carbons (Fsp3) is 0.867. The van der Waals surface area contributed by atoms with Gasteiger partial charge in [0.25, 0.3) is 0 Å². The summed E-state index contributed by atoms with van der Waals surface area (Å²) in [5.74, 6) is 0.159. The molecule has 0 aliphatic heterocycles. The molecule has 0 heterocycles. The smallest absolute Gasteiger partial charge is 0.220 e. The largest absolute Gasteiger partial charge is 0.352 e. The molecule has 0 aromatic heterocycles. The Balaban J connectivity index is 3.01. The van der Waals surface area contributed by atoms with Gasteiger partial charge in [-0.3, -0.25) is 4.79 Å². The summed E-state index contributed by atoms with van der Waals surface area (Å²) >= 11 is 0. The van der Waals surface area contributed by atoms with Crippen LogP contribution in [0.2, 0.25) is 0 Å². The maximum atomic E-state index is 11.1. The van der Waals surface area contributed by atoms with Crippen LogP contribution in [0.4, 0.5) is 0 Å².